The van der Waals surface area contributed by atoms with Crippen molar-refractivity contribution in [1.82, 2.24) is 5.32 Å². The summed E-state index contributed by atoms with van der Waals surface area (Å²) >= 11 is 0. The lowest BCUT2D eigenvalue weighted by atomic mass is 10.1. The standard InChI is InChI=1S/C21H28N2O7/c1-21(2,3)30-20(28)23(17(24)9-10-18(25)26)12-11-22-13-16(23)19(27)29-14-15-7-5-4-6-8-15/h4-8,16,22H,9-14H2,1-3H3/p+1/t16?,23-/m1/s1. The Morgan fingerprint density at radius 3 is 2.40 bits per heavy atom. The molecular weight excluding hydrogens is 392 g/mol. The number of hydrogen-bond donors (Lipinski definition) is 2. The van der Waals surface area contributed by atoms with Crippen LogP contribution in [0.3, 0.4) is 0 Å². The molecule has 0 aliphatic carbocycles. The highest BCUT2D eigenvalue weighted by Crippen LogP contribution is 2.26. The minimum Gasteiger partial charge on any atom is -0.481 e. The fraction of sp³-hybridized carbons (Fsp3) is 0.524. The summed E-state index contributed by atoms with van der Waals surface area (Å²) in [7, 11) is 0. The molecular formula is C21H29N2O7+. The number of aliphatic carboxylic acids is 1. The van der Waals surface area contributed by atoms with Crippen molar-refractivity contribution in [2.45, 2.75) is 51.9 Å². The molecule has 2 amide bonds. The Morgan fingerprint density at radius 1 is 1.13 bits per heavy atom. The average molecular weight is 421 g/mol. The summed E-state index contributed by atoms with van der Waals surface area (Å²) in [6.45, 7) is 5.27. The number of benzene rings is 1. The second-order valence-electron chi connectivity index (χ2n) is 8.17. The lowest BCUT2D eigenvalue weighted by Gasteiger charge is -2.41. The van der Waals surface area contributed by atoms with Crippen LogP contribution in [0.4, 0.5) is 4.79 Å². The van der Waals surface area contributed by atoms with E-state index in [1.165, 1.54) is 0 Å². The van der Waals surface area contributed by atoms with Gasteiger partial charge < -0.3 is 19.9 Å². The SMILES string of the molecule is CC(C)(C)OC(=O)[N@+]1(C(=O)CCC(=O)O)CCNCC1C(=O)OCc1ccccc1. The van der Waals surface area contributed by atoms with Gasteiger partial charge >= 0.3 is 23.9 Å². The van der Waals surface area contributed by atoms with E-state index in [4.69, 9.17) is 14.6 Å². The number of amides is 2. The van der Waals surface area contributed by atoms with Gasteiger partial charge in [0.15, 0.2) is 0 Å². The number of rotatable bonds is 6. The maximum Gasteiger partial charge on any atom is 0.524 e. The number of imide groups is 1. The predicted octanol–water partition coefficient (Wildman–Crippen LogP) is 1.84. The Morgan fingerprint density at radius 2 is 1.80 bits per heavy atom. The fourth-order valence-corrected chi connectivity index (χ4v) is 3.27. The molecule has 1 aliphatic heterocycles. The van der Waals surface area contributed by atoms with Gasteiger partial charge in [-0.3, -0.25) is 4.79 Å². The average Bonchev–Trinajstić information content (AvgIpc) is 2.69. The summed E-state index contributed by atoms with van der Waals surface area (Å²) in [5.74, 6) is -2.56. The number of nitrogens with zero attached hydrogens (tertiary/aromatic N) is 1. The quantitative estimate of drug-likeness (QED) is 0.528. The summed E-state index contributed by atoms with van der Waals surface area (Å²) in [5.41, 5.74) is -0.124. The van der Waals surface area contributed by atoms with E-state index >= 15 is 0 Å². The van der Waals surface area contributed by atoms with Crippen LogP contribution in [0, 0.1) is 0 Å². The molecule has 0 radical (unpaired) electrons. The maximum absolute atomic E-state index is 13.2. The van der Waals surface area contributed by atoms with E-state index in [0.717, 1.165) is 5.56 Å². The van der Waals surface area contributed by atoms with Gasteiger partial charge in [0.1, 0.15) is 18.8 Å². The highest BCUT2D eigenvalue weighted by Gasteiger charge is 2.58. The molecule has 2 atom stereocenters. The fourth-order valence-electron chi connectivity index (χ4n) is 3.27. The number of carbonyl (C=O) groups excluding carboxylic acids is 3. The van der Waals surface area contributed by atoms with Gasteiger partial charge in [0.2, 0.25) is 6.04 Å². The van der Waals surface area contributed by atoms with Gasteiger partial charge in [-0.2, -0.15) is 4.79 Å². The molecule has 2 rings (SSSR count). The number of carboxylic acid groups (broad SMARTS) is 1. The van der Waals surface area contributed by atoms with Crippen LogP contribution in [0.2, 0.25) is 0 Å². The van der Waals surface area contributed by atoms with Crippen LogP contribution >= 0.6 is 0 Å². The lowest BCUT2D eigenvalue weighted by molar-refractivity contribution is -0.804. The van der Waals surface area contributed by atoms with Gasteiger partial charge in [-0.05, 0) is 26.3 Å². The molecule has 1 unspecified atom stereocenters. The molecule has 30 heavy (non-hydrogen) atoms. The van der Waals surface area contributed by atoms with E-state index in [0.29, 0.717) is 6.54 Å². The first-order valence-corrected chi connectivity index (χ1v) is 9.84. The molecule has 1 aliphatic rings. The van der Waals surface area contributed by atoms with Gasteiger partial charge in [-0.25, -0.2) is 9.59 Å². The number of hydrogen-bond acceptors (Lipinski definition) is 7. The number of carboxylic acids is 1. The second-order valence-corrected chi connectivity index (χ2v) is 8.17. The van der Waals surface area contributed by atoms with E-state index in [2.05, 4.69) is 5.32 Å². The molecule has 9 nitrogen and oxygen atoms in total. The van der Waals surface area contributed by atoms with Crippen LogP contribution in [-0.4, -0.2) is 64.8 Å². The van der Waals surface area contributed by atoms with Gasteiger partial charge in [0.25, 0.3) is 0 Å². The summed E-state index contributed by atoms with van der Waals surface area (Å²) in [6, 6.07) is 7.87. The number of piperazine rings is 1. The van der Waals surface area contributed by atoms with Crippen LogP contribution < -0.4 is 5.32 Å². The van der Waals surface area contributed by atoms with E-state index in [9.17, 15) is 19.2 Å². The largest absolute Gasteiger partial charge is 0.524 e. The Bertz CT molecular complexity index is 788. The number of nitrogens with one attached hydrogen (secondary N) is 1. The minimum absolute atomic E-state index is 0.00614. The summed E-state index contributed by atoms with van der Waals surface area (Å²) < 4.78 is 9.98. The van der Waals surface area contributed by atoms with Crippen LogP contribution in [0.25, 0.3) is 0 Å². The third-order valence-electron chi connectivity index (χ3n) is 4.72. The van der Waals surface area contributed by atoms with Gasteiger partial charge in [-0.1, -0.05) is 30.3 Å². The van der Waals surface area contributed by atoms with Crippen molar-refractivity contribution in [2.75, 3.05) is 19.6 Å². The summed E-state index contributed by atoms with van der Waals surface area (Å²) in [4.78, 5) is 50.2. The van der Waals surface area contributed by atoms with E-state index < -0.39 is 52.9 Å². The highest BCUT2D eigenvalue weighted by atomic mass is 16.6. The molecule has 1 aromatic rings. The Balaban J connectivity index is 2.31. The third-order valence-corrected chi connectivity index (χ3v) is 4.72. The lowest BCUT2D eigenvalue weighted by Crippen LogP contribution is -2.73. The van der Waals surface area contributed by atoms with E-state index in [-0.39, 0.29) is 19.7 Å². The van der Waals surface area contributed by atoms with Crippen molar-refractivity contribution in [2.24, 2.45) is 0 Å². The number of ether oxygens (including phenoxy) is 2. The molecule has 1 saturated heterocycles. The van der Waals surface area contributed by atoms with Gasteiger partial charge in [-0.15, -0.1) is 4.48 Å². The molecule has 0 aromatic heterocycles. The van der Waals surface area contributed by atoms with Crippen LogP contribution in [0.1, 0.15) is 39.2 Å². The molecule has 0 spiro atoms. The zero-order chi connectivity index (χ0) is 22.4. The Hall–Kier alpha value is -2.78. The monoisotopic (exact) mass is 421 g/mol. The Kier molecular flexibility index (Phi) is 7.69. The Labute approximate surface area is 175 Å². The molecule has 0 bridgehead atoms. The van der Waals surface area contributed by atoms with Crippen molar-refractivity contribution in [3.8, 4) is 0 Å². The maximum atomic E-state index is 13.2. The highest BCUT2D eigenvalue weighted by molar-refractivity contribution is 5.88. The second kappa shape index (κ2) is 9.82. The van der Waals surface area contributed by atoms with Crippen molar-refractivity contribution in [1.29, 1.82) is 0 Å². The van der Waals surface area contributed by atoms with E-state index in [1.54, 1.807) is 32.9 Å². The third kappa shape index (κ3) is 5.87. The molecule has 2 N–H and O–H groups in total. The minimum atomic E-state index is -1.17. The summed E-state index contributed by atoms with van der Waals surface area (Å²) in [6.07, 6.45) is -1.71. The molecule has 9 heteroatoms. The van der Waals surface area contributed by atoms with Gasteiger partial charge in [0, 0.05) is 6.54 Å². The van der Waals surface area contributed by atoms with Crippen molar-refractivity contribution < 1.29 is 38.2 Å². The van der Waals surface area contributed by atoms with E-state index in [1.807, 2.05) is 18.2 Å². The number of carbonyl (C=O) groups is 4. The molecule has 164 valence electrons. The van der Waals surface area contributed by atoms with Crippen molar-refractivity contribution in [3.05, 3.63) is 35.9 Å². The molecule has 1 fully saturated rings. The first-order chi connectivity index (χ1) is 14.1. The predicted molar refractivity (Wildman–Crippen MR) is 106 cm³/mol. The zero-order valence-corrected chi connectivity index (χ0v) is 17.6. The zero-order valence-electron chi connectivity index (χ0n) is 17.6. The van der Waals surface area contributed by atoms with Crippen molar-refractivity contribution >= 4 is 23.9 Å². The first-order valence-electron chi connectivity index (χ1n) is 9.84. The summed E-state index contributed by atoms with van der Waals surface area (Å²) in [5, 5.41) is 12.0. The van der Waals surface area contributed by atoms with Crippen LogP contribution in [0.5, 0.6) is 0 Å². The normalized spacial score (nSPS) is 21.5. The molecule has 0 saturated carbocycles. The van der Waals surface area contributed by atoms with Gasteiger partial charge in [0.05, 0.1) is 19.4 Å². The van der Waals surface area contributed by atoms with Crippen LogP contribution in [0.15, 0.2) is 30.3 Å². The van der Waals surface area contributed by atoms with Crippen LogP contribution in [-0.2, 0) is 30.5 Å². The van der Waals surface area contributed by atoms with Crippen molar-refractivity contribution in [3.63, 3.8) is 0 Å². The molecule has 1 heterocycles. The topological polar surface area (TPSA) is 119 Å². The smallest absolute Gasteiger partial charge is 0.481 e. The first kappa shape index (κ1) is 23.5. The number of esters is 1. The molecule has 1 aromatic carbocycles. The number of quaternary nitrogens is 1.